The van der Waals surface area contributed by atoms with Crippen LogP contribution < -0.4 is 0 Å². The van der Waals surface area contributed by atoms with Gasteiger partial charge in [0.1, 0.15) is 23.4 Å². The van der Waals surface area contributed by atoms with E-state index in [1.54, 1.807) is 0 Å². The van der Waals surface area contributed by atoms with Gasteiger partial charge in [-0.1, -0.05) is 78.1 Å². The third-order valence-corrected chi connectivity index (χ3v) is 5.64. The van der Waals surface area contributed by atoms with Gasteiger partial charge in [-0.3, -0.25) is 19.2 Å². The molecule has 2 atom stereocenters. The van der Waals surface area contributed by atoms with Crippen molar-refractivity contribution in [1.82, 2.24) is 0 Å². The van der Waals surface area contributed by atoms with Gasteiger partial charge in [-0.2, -0.15) is 0 Å². The Hall–Kier alpha value is -1.72. The monoisotopic (exact) mass is 424 g/mol. The van der Waals surface area contributed by atoms with Crippen LogP contribution in [0.15, 0.2) is 0 Å². The van der Waals surface area contributed by atoms with Crippen LogP contribution in [0.5, 0.6) is 0 Å². The molecule has 0 bridgehead atoms. The Kier molecular flexibility index (Phi) is 14.1. The van der Waals surface area contributed by atoms with E-state index in [9.17, 15) is 19.2 Å². The minimum Gasteiger partial charge on any atom is -0.465 e. The van der Waals surface area contributed by atoms with E-state index >= 15 is 0 Å². The van der Waals surface area contributed by atoms with Crippen LogP contribution >= 0.6 is 0 Å². The molecule has 6 nitrogen and oxygen atoms in total. The van der Waals surface area contributed by atoms with Crippen molar-refractivity contribution < 1.29 is 28.7 Å². The third kappa shape index (κ3) is 9.86. The molecule has 30 heavy (non-hydrogen) atoms. The quantitative estimate of drug-likeness (QED) is 0.198. The Morgan fingerprint density at radius 2 is 0.967 bits per heavy atom. The first kappa shape index (κ1) is 26.3. The number of carbonyl (C=O) groups excluding carboxylic acids is 4. The summed E-state index contributed by atoms with van der Waals surface area (Å²) in [5.74, 6) is -5.01. The maximum absolute atomic E-state index is 12.5. The molecule has 1 saturated carbocycles. The standard InChI is InChI=1S/C24H40O6/c1-3-5-7-9-11-13-17-29-23(27)21-19(25)15-16-20(26)22(21)24(28)30-18-14-12-10-8-6-4-2/h21-22H,3-18H2,1-2H3. The molecule has 0 saturated heterocycles. The summed E-state index contributed by atoms with van der Waals surface area (Å²) >= 11 is 0. The van der Waals surface area contributed by atoms with E-state index in [1.165, 1.54) is 25.7 Å². The van der Waals surface area contributed by atoms with Crippen LogP contribution in [0.1, 0.15) is 104 Å². The highest BCUT2D eigenvalue weighted by Crippen LogP contribution is 2.27. The van der Waals surface area contributed by atoms with Crippen molar-refractivity contribution in [2.45, 2.75) is 104 Å². The van der Waals surface area contributed by atoms with Gasteiger partial charge in [0.25, 0.3) is 0 Å². The summed E-state index contributed by atoms with van der Waals surface area (Å²) in [5, 5.41) is 0. The van der Waals surface area contributed by atoms with Crippen molar-refractivity contribution in [2.75, 3.05) is 13.2 Å². The number of ether oxygens (including phenoxy) is 2. The van der Waals surface area contributed by atoms with E-state index in [1.807, 2.05) is 0 Å². The molecule has 0 aromatic rings. The van der Waals surface area contributed by atoms with Gasteiger partial charge in [0.05, 0.1) is 13.2 Å². The maximum Gasteiger partial charge on any atom is 0.317 e. The number of Topliss-reactive ketones (excluding diaryl/α,β-unsaturated/α-hetero) is 2. The number of hydrogen-bond donors (Lipinski definition) is 0. The van der Waals surface area contributed by atoms with Crippen LogP contribution in [0.2, 0.25) is 0 Å². The highest BCUT2D eigenvalue weighted by molar-refractivity contribution is 6.14. The van der Waals surface area contributed by atoms with Crippen LogP contribution in [-0.2, 0) is 28.7 Å². The first-order valence-corrected chi connectivity index (χ1v) is 11.9. The molecule has 0 spiro atoms. The van der Waals surface area contributed by atoms with E-state index in [2.05, 4.69) is 13.8 Å². The van der Waals surface area contributed by atoms with Crippen LogP contribution in [-0.4, -0.2) is 36.7 Å². The minimum atomic E-state index is -1.34. The number of unbranched alkanes of at least 4 members (excludes halogenated alkanes) is 10. The lowest BCUT2D eigenvalue weighted by Gasteiger charge is -2.26. The summed E-state index contributed by atoms with van der Waals surface area (Å²) in [6.07, 6.45) is 12.5. The Labute approximate surface area is 181 Å². The molecule has 1 fully saturated rings. The predicted octanol–water partition coefficient (Wildman–Crippen LogP) is 4.96. The first-order chi connectivity index (χ1) is 14.5. The normalized spacial score (nSPS) is 19.0. The fraction of sp³-hybridized carbons (Fsp3) is 0.833. The van der Waals surface area contributed by atoms with Crippen molar-refractivity contribution in [3.8, 4) is 0 Å². The molecular weight excluding hydrogens is 384 g/mol. The Balaban J connectivity index is 2.45. The molecule has 0 aromatic heterocycles. The minimum absolute atomic E-state index is 0.0170. The van der Waals surface area contributed by atoms with E-state index in [4.69, 9.17) is 9.47 Å². The number of ketones is 2. The third-order valence-electron chi connectivity index (χ3n) is 5.64. The van der Waals surface area contributed by atoms with Crippen LogP contribution in [0.3, 0.4) is 0 Å². The summed E-state index contributed by atoms with van der Waals surface area (Å²) in [7, 11) is 0. The van der Waals surface area contributed by atoms with Gasteiger partial charge >= 0.3 is 11.9 Å². The van der Waals surface area contributed by atoms with Crippen molar-refractivity contribution in [2.24, 2.45) is 11.8 Å². The number of carbonyl (C=O) groups is 4. The second kappa shape index (κ2) is 16.0. The zero-order chi connectivity index (χ0) is 22.2. The summed E-state index contributed by atoms with van der Waals surface area (Å²) in [6.45, 7) is 4.73. The van der Waals surface area contributed by atoms with Crippen molar-refractivity contribution >= 4 is 23.5 Å². The van der Waals surface area contributed by atoms with Crippen molar-refractivity contribution in [3.05, 3.63) is 0 Å². The lowest BCUT2D eigenvalue weighted by Crippen LogP contribution is -2.45. The number of hydrogen-bond acceptors (Lipinski definition) is 6. The van der Waals surface area contributed by atoms with Crippen molar-refractivity contribution in [3.63, 3.8) is 0 Å². The van der Waals surface area contributed by atoms with Gasteiger partial charge in [0.2, 0.25) is 0 Å². The van der Waals surface area contributed by atoms with E-state index in [0.717, 1.165) is 51.4 Å². The average Bonchev–Trinajstić information content (AvgIpc) is 2.73. The first-order valence-electron chi connectivity index (χ1n) is 11.9. The SMILES string of the molecule is CCCCCCCCOC(=O)C1C(=O)CCC(=O)C1C(=O)OCCCCCCCC. The van der Waals surface area contributed by atoms with Gasteiger partial charge < -0.3 is 9.47 Å². The second-order valence-electron chi connectivity index (χ2n) is 8.26. The van der Waals surface area contributed by atoms with Crippen LogP contribution in [0.4, 0.5) is 0 Å². The van der Waals surface area contributed by atoms with Gasteiger partial charge in [-0.05, 0) is 12.8 Å². The molecule has 6 heteroatoms. The lowest BCUT2D eigenvalue weighted by molar-refractivity contribution is -0.168. The topological polar surface area (TPSA) is 86.7 Å². The summed E-state index contributed by atoms with van der Waals surface area (Å²) in [4.78, 5) is 49.6. The zero-order valence-electron chi connectivity index (χ0n) is 18.9. The molecule has 0 aromatic carbocycles. The smallest absolute Gasteiger partial charge is 0.317 e. The molecule has 1 aliphatic carbocycles. The molecular formula is C24H40O6. The lowest BCUT2D eigenvalue weighted by atomic mass is 9.77. The molecule has 2 unspecified atom stereocenters. The molecule has 172 valence electrons. The van der Waals surface area contributed by atoms with Crippen molar-refractivity contribution in [1.29, 1.82) is 0 Å². The fourth-order valence-corrected chi connectivity index (χ4v) is 3.75. The molecule has 1 aliphatic rings. The zero-order valence-corrected chi connectivity index (χ0v) is 18.9. The van der Waals surface area contributed by atoms with E-state index in [0.29, 0.717) is 0 Å². The van der Waals surface area contributed by atoms with Gasteiger partial charge in [-0.25, -0.2) is 0 Å². The largest absolute Gasteiger partial charge is 0.465 e. The summed E-state index contributed by atoms with van der Waals surface area (Å²) < 4.78 is 10.5. The molecule has 1 rings (SSSR count). The molecule has 0 N–H and O–H groups in total. The van der Waals surface area contributed by atoms with Crippen LogP contribution in [0.25, 0.3) is 0 Å². The fourth-order valence-electron chi connectivity index (χ4n) is 3.75. The Bertz CT molecular complexity index is 494. The van der Waals surface area contributed by atoms with E-state index < -0.39 is 35.3 Å². The molecule has 0 heterocycles. The predicted molar refractivity (Wildman–Crippen MR) is 115 cm³/mol. The van der Waals surface area contributed by atoms with E-state index in [-0.39, 0.29) is 26.1 Å². The van der Waals surface area contributed by atoms with Gasteiger partial charge in [0, 0.05) is 12.8 Å². The maximum atomic E-state index is 12.5. The molecule has 0 amide bonds. The average molecular weight is 425 g/mol. The highest BCUT2D eigenvalue weighted by atomic mass is 16.5. The number of esters is 2. The summed E-state index contributed by atoms with van der Waals surface area (Å²) in [6, 6.07) is 0. The second-order valence-corrected chi connectivity index (χ2v) is 8.26. The van der Waals surface area contributed by atoms with Crippen LogP contribution in [0, 0.1) is 11.8 Å². The van der Waals surface area contributed by atoms with Gasteiger partial charge in [0.15, 0.2) is 0 Å². The Morgan fingerprint density at radius 1 is 0.633 bits per heavy atom. The highest BCUT2D eigenvalue weighted by Gasteiger charge is 2.48. The number of rotatable bonds is 16. The molecule has 0 radical (unpaired) electrons. The summed E-state index contributed by atoms with van der Waals surface area (Å²) in [5.41, 5.74) is 0. The van der Waals surface area contributed by atoms with Gasteiger partial charge in [-0.15, -0.1) is 0 Å². The Morgan fingerprint density at radius 3 is 1.33 bits per heavy atom. The molecule has 0 aliphatic heterocycles.